The minimum Gasteiger partial charge on any atom is -0.507 e. The Bertz CT molecular complexity index is 1090. The van der Waals surface area contributed by atoms with E-state index in [1.165, 1.54) is 0 Å². The molecule has 8 heteroatoms. The second-order valence-electron chi connectivity index (χ2n) is 7.82. The number of likely N-dealkylation sites (N-methyl/N-ethyl adjacent to an activating group) is 1. The zero-order chi connectivity index (χ0) is 19.3. The van der Waals surface area contributed by atoms with E-state index in [2.05, 4.69) is 27.5 Å². The van der Waals surface area contributed by atoms with Crippen LogP contribution in [0.1, 0.15) is 31.7 Å². The summed E-state index contributed by atoms with van der Waals surface area (Å²) in [6, 6.07) is 6.02. The van der Waals surface area contributed by atoms with Gasteiger partial charge >= 0.3 is 0 Å². The highest BCUT2D eigenvalue weighted by Crippen LogP contribution is 2.41. The zero-order valence-electron chi connectivity index (χ0n) is 15.8. The quantitative estimate of drug-likeness (QED) is 0.704. The van der Waals surface area contributed by atoms with Crippen LogP contribution in [-0.4, -0.2) is 50.9 Å². The third-order valence-corrected chi connectivity index (χ3v) is 6.50. The van der Waals surface area contributed by atoms with Gasteiger partial charge in [-0.1, -0.05) is 0 Å². The lowest BCUT2D eigenvalue weighted by molar-refractivity contribution is 0.260. The summed E-state index contributed by atoms with van der Waals surface area (Å²) in [5.74, 6) is 0.924. The number of nitrogens with one attached hydrogen (secondary N) is 1. The standard InChI is InChI=1S/C20H23N5O2S/c1-24-9-2-3-12(11-24)21-18-20(27)25(13-4-5-13)19(23-22-18)15-6-7-16-14(17(15)26)8-10-28-16/h6-8,10,12-13,26H,2-5,9,11H2,1H3,(H,21,22)/t12-/m1/s1. The van der Waals surface area contributed by atoms with Crippen LogP contribution < -0.4 is 10.9 Å². The van der Waals surface area contributed by atoms with Gasteiger partial charge in [-0.2, -0.15) is 0 Å². The van der Waals surface area contributed by atoms with E-state index in [0.29, 0.717) is 17.2 Å². The van der Waals surface area contributed by atoms with Crippen LogP contribution in [0, 0.1) is 0 Å². The van der Waals surface area contributed by atoms with Crippen molar-refractivity contribution in [3.8, 4) is 17.1 Å². The van der Waals surface area contributed by atoms with Crippen LogP contribution in [-0.2, 0) is 0 Å². The van der Waals surface area contributed by atoms with E-state index < -0.39 is 0 Å². The number of thiophene rings is 1. The van der Waals surface area contributed by atoms with E-state index >= 15 is 0 Å². The maximum atomic E-state index is 13.2. The van der Waals surface area contributed by atoms with E-state index in [4.69, 9.17) is 0 Å². The SMILES string of the molecule is CN1CCC[C@@H](Nc2nnc(-c3ccc4sccc4c3O)n(C3CC3)c2=O)C1. The molecule has 1 saturated carbocycles. The molecule has 146 valence electrons. The Morgan fingerprint density at radius 2 is 2.07 bits per heavy atom. The van der Waals surface area contributed by atoms with E-state index in [9.17, 15) is 9.90 Å². The number of rotatable bonds is 4. The van der Waals surface area contributed by atoms with Crippen molar-refractivity contribution in [1.82, 2.24) is 19.7 Å². The summed E-state index contributed by atoms with van der Waals surface area (Å²) in [4.78, 5) is 15.5. The summed E-state index contributed by atoms with van der Waals surface area (Å²) in [6.07, 6.45) is 4.02. The minimum atomic E-state index is -0.148. The molecular formula is C20H23N5O2S. The van der Waals surface area contributed by atoms with Crippen LogP contribution in [0.25, 0.3) is 21.5 Å². The molecule has 0 unspecified atom stereocenters. The number of fused-ring (bicyclic) bond motifs is 1. The first-order chi connectivity index (χ1) is 13.6. The topological polar surface area (TPSA) is 83.3 Å². The fourth-order valence-electron chi connectivity index (χ4n) is 4.03. The number of likely N-dealkylation sites (tertiary alicyclic amines) is 1. The second kappa shape index (κ2) is 6.86. The molecule has 3 heterocycles. The van der Waals surface area contributed by atoms with Crippen molar-refractivity contribution in [2.45, 2.75) is 37.8 Å². The average molecular weight is 398 g/mol. The molecule has 1 aliphatic carbocycles. The molecule has 2 aromatic heterocycles. The predicted octanol–water partition coefficient (Wildman–Crippen LogP) is 3.07. The summed E-state index contributed by atoms with van der Waals surface area (Å²) in [6.45, 7) is 1.97. The van der Waals surface area contributed by atoms with Gasteiger partial charge in [-0.15, -0.1) is 21.5 Å². The van der Waals surface area contributed by atoms with Gasteiger partial charge in [0.1, 0.15) is 5.75 Å². The summed E-state index contributed by atoms with van der Waals surface area (Å²) >= 11 is 1.57. The Labute approximate surface area is 166 Å². The molecule has 2 N–H and O–H groups in total. The smallest absolute Gasteiger partial charge is 0.297 e. The molecule has 1 atom stereocenters. The Kier molecular flexibility index (Phi) is 4.32. The van der Waals surface area contributed by atoms with E-state index in [1.54, 1.807) is 15.9 Å². The number of aromatic nitrogens is 3. The highest BCUT2D eigenvalue weighted by molar-refractivity contribution is 7.17. The summed E-state index contributed by atoms with van der Waals surface area (Å²) in [5, 5.41) is 25.4. The molecule has 1 aliphatic heterocycles. The lowest BCUT2D eigenvalue weighted by Crippen LogP contribution is -2.41. The van der Waals surface area contributed by atoms with Gasteiger partial charge in [0.25, 0.3) is 5.56 Å². The van der Waals surface area contributed by atoms with Crippen molar-refractivity contribution < 1.29 is 5.11 Å². The van der Waals surface area contributed by atoms with Gasteiger partial charge in [0.2, 0.25) is 5.82 Å². The molecule has 28 heavy (non-hydrogen) atoms. The molecule has 7 nitrogen and oxygen atoms in total. The number of anilines is 1. The molecule has 0 amide bonds. The van der Waals surface area contributed by atoms with Gasteiger partial charge in [-0.05, 0) is 62.9 Å². The van der Waals surface area contributed by atoms with Gasteiger partial charge in [0, 0.05) is 28.7 Å². The monoisotopic (exact) mass is 397 g/mol. The molecule has 3 aromatic rings. The fourth-order valence-corrected chi connectivity index (χ4v) is 4.82. The number of benzene rings is 1. The van der Waals surface area contributed by atoms with E-state index in [1.807, 2.05) is 23.6 Å². The van der Waals surface area contributed by atoms with Crippen molar-refractivity contribution in [1.29, 1.82) is 0 Å². The molecule has 2 fully saturated rings. The van der Waals surface area contributed by atoms with Crippen molar-refractivity contribution in [3.63, 3.8) is 0 Å². The molecular weight excluding hydrogens is 374 g/mol. The number of piperidine rings is 1. The third kappa shape index (κ3) is 3.06. The van der Waals surface area contributed by atoms with Crippen LogP contribution in [0.2, 0.25) is 0 Å². The Hall–Kier alpha value is -2.45. The Morgan fingerprint density at radius 1 is 1.21 bits per heavy atom. The minimum absolute atomic E-state index is 0.130. The lowest BCUT2D eigenvalue weighted by atomic mass is 10.1. The highest BCUT2D eigenvalue weighted by atomic mass is 32.1. The van der Waals surface area contributed by atoms with Gasteiger partial charge < -0.3 is 15.3 Å². The van der Waals surface area contributed by atoms with Crippen LogP contribution in [0.4, 0.5) is 5.82 Å². The average Bonchev–Trinajstić information content (AvgIpc) is 3.39. The van der Waals surface area contributed by atoms with Crippen LogP contribution in [0.5, 0.6) is 5.75 Å². The Balaban J connectivity index is 1.56. The number of hydrogen-bond acceptors (Lipinski definition) is 7. The number of phenolic OH excluding ortho intramolecular Hbond substituents is 1. The zero-order valence-corrected chi connectivity index (χ0v) is 16.6. The third-order valence-electron chi connectivity index (χ3n) is 5.62. The summed E-state index contributed by atoms with van der Waals surface area (Å²) in [7, 11) is 2.09. The molecule has 0 spiro atoms. The Morgan fingerprint density at radius 3 is 2.86 bits per heavy atom. The molecule has 1 saturated heterocycles. The van der Waals surface area contributed by atoms with Crippen molar-refractivity contribution >= 4 is 27.2 Å². The molecule has 0 radical (unpaired) electrons. The van der Waals surface area contributed by atoms with Crippen LogP contribution >= 0.6 is 11.3 Å². The first-order valence-electron chi connectivity index (χ1n) is 9.75. The van der Waals surface area contributed by atoms with Crippen LogP contribution in [0.3, 0.4) is 0 Å². The number of nitrogens with zero attached hydrogens (tertiary/aromatic N) is 4. The van der Waals surface area contributed by atoms with Crippen molar-refractivity contribution in [3.05, 3.63) is 33.9 Å². The van der Waals surface area contributed by atoms with Crippen molar-refractivity contribution in [2.75, 3.05) is 25.5 Å². The van der Waals surface area contributed by atoms with Crippen molar-refractivity contribution in [2.24, 2.45) is 0 Å². The fraction of sp³-hybridized carbons (Fsp3) is 0.450. The van der Waals surface area contributed by atoms with Gasteiger partial charge in [0.05, 0.1) is 5.56 Å². The van der Waals surface area contributed by atoms with Crippen LogP contribution in [0.15, 0.2) is 28.4 Å². The maximum absolute atomic E-state index is 13.2. The van der Waals surface area contributed by atoms with Gasteiger partial charge in [0.15, 0.2) is 5.82 Å². The normalized spacial score (nSPS) is 20.5. The number of hydrogen-bond donors (Lipinski definition) is 2. The summed E-state index contributed by atoms with van der Waals surface area (Å²) < 4.78 is 2.73. The molecule has 0 bridgehead atoms. The van der Waals surface area contributed by atoms with Gasteiger partial charge in [-0.3, -0.25) is 9.36 Å². The summed E-state index contributed by atoms with van der Waals surface area (Å²) in [5.41, 5.74) is 0.414. The molecule has 1 aromatic carbocycles. The second-order valence-corrected chi connectivity index (χ2v) is 8.77. The predicted molar refractivity (Wildman–Crippen MR) is 111 cm³/mol. The first-order valence-corrected chi connectivity index (χ1v) is 10.6. The molecule has 5 rings (SSSR count). The number of aromatic hydroxyl groups is 1. The van der Waals surface area contributed by atoms with E-state index in [-0.39, 0.29) is 23.4 Å². The maximum Gasteiger partial charge on any atom is 0.297 e. The highest BCUT2D eigenvalue weighted by Gasteiger charge is 2.31. The molecule has 2 aliphatic rings. The first kappa shape index (κ1) is 17.6. The van der Waals surface area contributed by atoms with Gasteiger partial charge in [-0.25, -0.2) is 0 Å². The largest absolute Gasteiger partial charge is 0.507 e. The lowest BCUT2D eigenvalue weighted by Gasteiger charge is -2.30. The number of phenols is 1. The van der Waals surface area contributed by atoms with E-state index in [0.717, 1.165) is 48.9 Å².